The van der Waals surface area contributed by atoms with Gasteiger partial charge in [-0.15, -0.1) is 0 Å². The zero-order chi connectivity index (χ0) is 31.1. The van der Waals surface area contributed by atoms with Crippen LogP contribution in [0.2, 0.25) is 0 Å². The van der Waals surface area contributed by atoms with Gasteiger partial charge in [-0.05, 0) is 62.8 Å². The smallest absolute Gasteiger partial charge is 0.271 e. The first kappa shape index (κ1) is 31.0. The van der Waals surface area contributed by atoms with Gasteiger partial charge in [0.15, 0.2) is 0 Å². The Balaban J connectivity index is 1.18. The molecule has 1 spiro atoms. The molecule has 3 aliphatic heterocycles. The fourth-order valence-electron chi connectivity index (χ4n) is 8.01. The molecule has 0 unspecified atom stereocenters. The molecule has 1 aromatic rings. The van der Waals surface area contributed by atoms with Crippen LogP contribution in [0.5, 0.6) is 0 Å². The predicted octanol–water partition coefficient (Wildman–Crippen LogP) is 2.84. The minimum absolute atomic E-state index is 0.0185. The molecule has 4 amide bonds. The molecule has 242 valence electrons. The van der Waals surface area contributed by atoms with E-state index >= 15 is 0 Å². The number of carbonyl (C=O) groups excluding carboxylic acids is 4. The lowest BCUT2D eigenvalue weighted by Crippen LogP contribution is -2.65. The highest BCUT2D eigenvalue weighted by Gasteiger charge is 2.62. The minimum Gasteiger partial charge on any atom is -0.376 e. The molecular weight excluding hydrogens is 560 g/mol. The third kappa shape index (κ3) is 6.26. The normalized spacial score (nSPS) is 27.5. The van der Waals surface area contributed by atoms with Gasteiger partial charge >= 0.3 is 0 Å². The highest BCUT2D eigenvalue weighted by atomic mass is 16.5. The van der Waals surface area contributed by atoms with Crippen molar-refractivity contribution in [3.8, 4) is 0 Å². The van der Waals surface area contributed by atoms with Crippen molar-refractivity contribution < 1.29 is 23.9 Å². The molecule has 2 saturated carbocycles. The number of rotatable bonds is 9. The number of ether oxygens (including phenoxy) is 1. The zero-order valence-electron chi connectivity index (χ0n) is 26.7. The lowest BCUT2D eigenvalue weighted by molar-refractivity contribution is -0.153. The number of nitrogens with zero attached hydrogens (tertiary/aromatic N) is 4. The second-order valence-electron chi connectivity index (χ2n) is 14.9. The Morgan fingerprint density at radius 1 is 0.977 bits per heavy atom. The Bertz CT molecular complexity index is 1220. The Morgan fingerprint density at radius 3 is 2.27 bits per heavy atom. The molecule has 3 saturated heterocycles. The number of carbonyl (C=O) groups is 4. The summed E-state index contributed by atoms with van der Waals surface area (Å²) in [6.07, 6.45) is 10.9. The topological polar surface area (TPSA) is 128 Å². The van der Waals surface area contributed by atoms with E-state index in [4.69, 9.17) is 4.74 Å². The van der Waals surface area contributed by atoms with E-state index in [1.807, 2.05) is 16.7 Å². The number of piperidine rings is 1. The van der Waals surface area contributed by atoms with Crippen LogP contribution in [0, 0.1) is 28.6 Å². The van der Waals surface area contributed by atoms with Crippen molar-refractivity contribution >= 4 is 23.6 Å². The maximum atomic E-state index is 14.2. The summed E-state index contributed by atoms with van der Waals surface area (Å²) in [5.41, 5.74) is -0.166. The molecule has 0 radical (unpaired) electrons. The van der Waals surface area contributed by atoms with Crippen LogP contribution >= 0.6 is 0 Å². The molecule has 11 heteroatoms. The minimum atomic E-state index is -0.802. The number of aromatic nitrogens is 2. The lowest BCUT2D eigenvalue weighted by Gasteiger charge is -2.50. The van der Waals surface area contributed by atoms with Crippen molar-refractivity contribution in [2.75, 3.05) is 45.9 Å². The Labute approximate surface area is 260 Å². The Hall–Kier alpha value is -2.95. The number of hydrogen-bond donors (Lipinski definition) is 2. The maximum absolute atomic E-state index is 14.2. The first-order valence-electron chi connectivity index (χ1n) is 16.9. The fraction of sp³-hybridized carbons (Fsp3) is 0.788. The molecule has 5 aliphatic rings. The average Bonchev–Trinajstić information content (AvgIpc) is 3.38. The molecule has 6 rings (SSSR count). The summed E-state index contributed by atoms with van der Waals surface area (Å²) in [6.45, 7) is 9.55. The highest BCUT2D eigenvalue weighted by Crippen LogP contribution is 2.54. The number of likely N-dealkylation sites (tertiary alicyclic amines) is 3. The molecule has 0 aromatic carbocycles. The predicted molar refractivity (Wildman–Crippen MR) is 163 cm³/mol. The second-order valence-corrected chi connectivity index (χ2v) is 14.9. The van der Waals surface area contributed by atoms with Gasteiger partial charge in [-0.2, -0.15) is 5.10 Å². The van der Waals surface area contributed by atoms with Gasteiger partial charge in [0.1, 0.15) is 11.7 Å². The number of H-pyrrole nitrogens is 1. The van der Waals surface area contributed by atoms with Crippen LogP contribution in [-0.2, 0) is 19.1 Å². The largest absolute Gasteiger partial charge is 0.376 e. The number of hydrogen-bond acceptors (Lipinski definition) is 6. The van der Waals surface area contributed by atoms with Gasteiger partial charge in [0.05, 0.1) is 12.0 Å². The van der Waals surface area contributed by atoms with Crippen molar-refractivity contribution in [3.05, 3.63) is 18.0 Å². The lowest BCUT2D eigenvalue weighted by atomic mass is 9.70. The molecule has 4 heterocycles. The van der Waals surface area contributed by atoms with E-state index in [-0.39, 0.29) is 41.5 Å². The van der Waals surface area contributed by atoms with E-state index in [2.05, 4.69) is 29.4 Å². The monoisotopic (exact) mass is 610 g/mol. The first-order chi connectivity index (χ1) is 21.1. The third-order valence-electron chi connectivity index (χ3n) is 11.1. The van der Waals surface area contributed by atoms with Crippen molar-refractivity contribution in [2.24, 2.45) is 28.6 Å². The van der Waals surface area contributed by atoms with Crippen LogP contribution in [0.1, 0.15) is 89.0 Å². The molecule has 2 aliphatic carbocycles. The number of aromatic amines is 1. The summed E-state index contributed by atoms with van der Waals surface area (Å²) in [5, 5.41) is 9.81. The Kier molecular flexibility index (Phi) is 8.78. The van der Waals surface area contributed by atoms with Gasteiger partial charge in [-0.25, -0.2) is 0 Å². The van der Waals surface area contributed by atoms with E-state index in [0.29, 0.717) is 50.9 Å². The van der Waals surface area contributed by atoms with Crippen LogP contribution in [-0.4, -0.2) is 107 Å². The Morgan fingerprint density at radius 2 is 1.64 bits per heavy atom. The van der Waals surface area contributed by atoms with Crippen LogP contribution < -0.4 is 5.32 Å². The van der Waals surface area contributed by atoms with E-state index in [9.17, 15) is 19.2 Å². The summed E-state index contributed by atoms with van der Waals surface area (Å²) >= 11 is 0. The molecule has 44 heavy (non-hydrogen) atoms. The van der Waals surface area contributed by atoms with E-state index < -0.39 is 23.5 Å². The van der Waals surface area contributed by atoms with Crippen molar-refractivity contribution in [1.82, 2.24) is 30.2 Å². The summed E-state index contributed by atoms with van der Waals surface area (Å²) in [7, 11) is 0. The maximum Gasteiger partial charge on any atom is 0.271 e. The van der Waals surface area contributed by atoms with Crippen LogP contribution in [0.3, 0.4) is 0 Å². The first-order valence-corrected chi connectivity index (χ1v) is 16.9. The average molecular weight is 611 g/mol. The van der Waals surface area contributed by atoms with E-state index in [0.717, 1.165) is 38.5 Å². The standard InChI is InChI=1S/C33H50N6O5/c1-22(44-18-23-10-6-4-7-11-23)27(31(43)37-14-8-5-9-15-37)35-28(40)25-17-38(30(42)26-12-13-34-36-26)19-33(25)20-39(21-33)29(41)24-16-32(24,2)3/h12-13,22-25,27H,4-11,14-21H2,1-3H3,(H,34,36)(H,35,40)/t22-,24-,25+,27+/m1/s1. The molecule has 0 bridgehead atoms. The van der Waals surface area contributed by atoms with Gasteiger partial charge in [0.2, 0.25) is 17.7 Å². The number of amides is 4. The van der Waals surface area contributed by atoms with Gasteiger partial charge in [0, 0.05) is 63.4 Å². The summed E-state index contributed by atoms with van der Waals surface area (Å²) in [5.74, 6) is -0.447. The number of nitrogens with one attached hydrogen (secondary N) is 2. The highest BCUT2D eigenvalue weighted by molar-refractivity contribution is 5.94. The van der Waals surface area contributed by atoms with Gasteiger partial charge in [-0.3, -0.25) is 24.3 Å². The van der Waals surface area contributed by atoms with Crippen LogP contribution in [0.4, 0.5) is 0 Å². The van der Waals surface area contributed by atoms with Gasteiger partial charge in [0.25, 0.3) is 5.91 Å². The summed E-state index contributed by atoms with van der Waals surface area (Å²) < 4.78 is 6.33. The SMILES string of the molecule is C[C@@H](OCC1CCCCC1)[C@H](NC(=O)[C@@H]1CN(C(=O)c2ccn[nH]2)CC12CN(C(=O)[C@H]1CC1(C)C)C2)C(=O)N1CCCCC1. The van der Waals surface area contributed by atoms with Crippen molar-refractivity contribution in [1.29, 1.82) is 0 Å². The molecule has 4 atom stereocenters. The summed E-state index contributed by atoms with van der Waals surface area (Å²) in [6, 6.07) is 0.830. The van der Waals surface area contributed by atoms with Crippen LogP contribution in [0.15, 0.2) is 12.3 Å². The van der Waals surface area contributed by atoms with Crippen LogP contribution in [0.25, 0.3) is 0 Å². The molecule has 5 fully saturated rings. The third-order valence-corrected chi connectivity index (χ3v) is 11.1. The zero-order valence-corrected chi connectivity index (χ0v) is 26.7. The quantitative estimate of drug-likeness (QED) is 0.443. The second kappa shape index (κ2) is 12.4. The van der Waals surface area contributed by atoms with E-state index in [1.54, 1.807) is 11.0 Å². The van der Waals surface area contributed by atoms with Crippen molar-refractivity contribution in [3.63, 3.8) is 0 Å². The fourth-order valence-corrected chi connectivity index (χ4v) is 8.01. The van der Waals surface area contributed by atoms with Gasteiger partial charge in [-0.1, -0.05) is 33.1 Å². The molecule has 2 N–H and O–H groups in total. The molecule has 1 aromatic heterocycles. The van der Waals surface area contributed by atoms with E-state index in [1.165, 1.54) is 25.5 Å². The molecular formula is C33H50N6O5. The van der Waals surface area contributed by atoms with Gasteiger partial charge < -0.3 is 24.8 Å². The van der Waals surface area contributed by atoms with Crippen molar-refractivity contribution in [2.45, 2.75) is 90.7 Å². The molecule has 11 nitrogen and oxygen atoms in total. The summed E-state index contributed by atoms with van der Waals surface area (Å²) in [4.78, 5) is 60.2.